The molecule has 2 heterocycles. The second-order valence-corrected chi connectivity index (χ2v) is 6.31. The van der Waals surface area contributed by atoms with Gasteiger partial charge >= 0.3 is 0 Å². The minimum atomic E-state index is -0.00931. The lowest BCUT2D eigenvalue weighted by Gasteiger charge is -2.43. The van der Waals surface area contributed by atoms with E-state index in [0.717, 1.165) is 18.5 Å². The highest BCUT2D eigenvalue weighted by Gasteiger charge is 2.37. The van der Waals surface area contributed by atoms with Crippen LogP contribution in [0.15, 0.2) is 18.3 Å². The molecule has 22 heavy (non-hydrogen) atoms. The van der Waals surface area contributed by atoms with E-state index in [0.29, 0.717) is 18.2 Å². The van der Waals surface area contributed by atoms with Crippen molar-refractivity contribution in [1.82, 2.24) is 9.88 Å². The number of aromatic nitrogens is 1. The maximum atomic E-state index is 12.0. The fourth-order valence-electron chi connectivity index (χ4n) is 3.38. The van der Waals surface area contributed by atoms with E-state index in [1.165, 1.54) is 0 Å². The second kappa shape index (κ2) is 6.94. The van der Waals surface area contributed by atoms with Crippen LogP contribution in [-0.4, -0.2) is 53.3 Å². The number of rotatable bonds is 3. The van der Waals surface area contributed by atoms with Gasteiger partial charge in [-0.2, -0.15) is 0 Å². The number of nitrogens with zero attached hydrogens (tertiary/aromatic N) is 2. The van der Waals surface area contributed by atoms with Crippen LogP contribution in [0.4, 0.5) is 0 Å². The first kappa shape index (κ1) is 15.7. The summed E-state index contributed by atoms with van der Waals surface area (Å²) in [6.07, 6.45) is 5.47. The molecule has 1 N–H and O–H groups in total. The number of aliphatic hydroxyl groups excluding tert-OH is 1. The highest BCUT2D eigenvalue weighted by Crippen LogP contribution is 2.37. The molecule has 1 radical (unpaired) electrons. The minimum Gasteiger partial charge on any atom is -0.396 e. The third-order valence-electron chi connectivity index (χ3n) is 4.52. The summed E-state index contributed by atoms with van der Waals surface area (Å²) in [5.74, 6) is 0.314. The van der Waals surface area contributed by atoms with Gasteiger partial charge in [-0.25, -0.2) is 0 Å². The van der Waals surface area contributed by atoms with Crippen LogP contribution in [0.1, 0.15) is 24.5 Å². The molecule has 119 valence electrons. The van der Waals surface area contributed by atoms with E-state index in [9.17, 15) is 9.90 Å². The zero-order valence-electron chi connectivity index (χ0n) is 12.3. The van der Waals surface area contributed by atoms with Crippen molar-refractivity contribution in [3.63, 3.8) is 0 Å². The van der Waals surface area contributed by atoms with Crippen molar-refractivity contribution in [3.8, 4) is 0 Å². The molecule has 1 amide bonds. The number of ether oxygens (including phenoxy) is 1. The van der Waals surface area contributed by atoms with Crippen molar-refractivity contribution in [2.45, 2.75) is 24.8 Å². The number of hydrogen-bond acceptors (Lipinski definition) is 4. The Morgan fingerprint density at radius 1 is 1.45 bits per heavy atom. The molecule has 0 spiro atoms. The summed E-state index contributed by atoms with van der Waals surface area (Å²) in [6, 6.07) is 3.77. The van der Waals surface area contributed by atoms with Gasteiger partial charge in [-0.1, -0.05) is 11.6 Å². The maximum absolute atomic E-state index is 12.0. The van der Waals surface area contributed by atoms with Crippen molar-refractivity contribution < 1.29 is 14.6 Å². The van der Waals surface area contributed by atoms with E-state index in [4.69, 9.17) is 16.3 Å². The topological polar surface area (TPSA) is 62.7 Å². The molecule has 2 aliphatic rings. The van der Waals surface area contributed by atoms with Crippen molar-refractivity contribution in [1.29, 1.82) is 0 Å². The predicted molar refractivity (Wildman–Crippen MR) is 82.4 cm³/mol. The zero-order chi connectivity index (χ0) is 15.5. The molecule has 6 heteroatoms. The quantitative estimate of drug-likeness (QED) is 0.919. The summed E-state index contributed by atoms with van der Waals surface area (Å²) in [6.45, 7) is 1.37. The summed E-state index contributed by atoms with van der Waals surface area (Å²) in [5, 5.41) is 10.4. The van der Waals surface area contributed by atoms with Crippen LogP contribution in [0.5, 0.6) is 0 Å². The Morgan fingerprint density at radius 3 is 3.00 bits per heavy atom. The number of hydrogen-bond donors (Lipinski definition) is 1. The molecule has 3 atom stereocenters. The molecule has 2 fully saturated rings. The third kappa shape index (κ3) is 3.26. The molecule has 0 bridgehead atoms. The molecule has 1 aliphatic carbocycles. The molecule has 1 saturated heterocycles. The maximum Gasteiger partial charge on any atom is 0.248 e. The van der Waals surface area contributed by atoms with Gasteiger partial charge in [0.1, 0.15) is 6.61 Å². The van der Waals surface area contributed by atoms with Gasteiger partial charge in [-0.05, 0) is 31.4 Å². The molecule has 1 aromatic rings. The molecule has 1 aromatic heterocycles. The van der Waals surface area contributed by atoms with Crippen LogP contribution in [0.25, 0.3) is 0 Å². The van der Waals surface area contributed by atoms with Gasteiger partial charge in [0.15, 0.2) is 0 Å². The Morgan fingerprint density at radius 2 is 2.32 bits per heavy atom. The van der Waals surface area contributed by atoms with Gasteiger partial charge in [-0.3, -0.25) is 9.78 Å². The monoisotopic (exact) mass is 323 g/mol. The third-order valence-corrected chi connectivity index (χ3v) is 4.74. The molecule has 3 rings (SSSR count). The fraction of sp³-hybridized carbons (Fsp3) is 0.562. The molecular formula is C16H20ClN2O3. The van der Waals surface area contributed by atoms with Crippen LogP contribution < -0.4 is 0 Å². The van der Waals surface area contributed by atoms with Crippen LogP contribution >= 0.6 is 11.6 Å². The number of carbonyl (C=O) groups is 1. The van der Waals surface area contributed by atoms with Gasteiger partial charge in [0, 0.05) is 42.9 Å². The van der Waals surface area contributed by atoms with Gasteiger partial charge < -0.3 is 14.7 Å². The lowest BCUT2D eigenvalue weighted by molar-refractivity contribution is -0.147. The number of amides is 1. The van der Waals surface area contributed by atoms with Crippen molar-refractivity contribution >= 4 is 17.5 Å². The van der Waals surface area contributed by atoms with E-state index in [1.807, 2.05) is 17.0 Å². The summed E-state index contributed by atoms with van der Waals surface area (Å²) in [7, 11) is 0. The Hall–Kier alpha value is -1.17. The van der Waals surface area contributed by atoms with Gasteiger partial charge in [0.05, 0.1) is 11.6 Å². The number of pyridine rings is 1. The minimum absolute atomic E-state index is 0.00835. The SMILES string of the molecule is O=C1COCCN1C1[CH]CC(c2ccc(Cl)cn2)CC1CO. The normalized spacial score (nSPS) is 29.6. The largest absolute Gasteiger partial charge is 0.396 e. The van der Waals surface area contributed by atoms with Crippen LogP contribution in [0, 0.1) is 12.3 Å². The molecule has 0 aromatic carbocycles. The Kier molecular flexibility index (Phi) is 4.96. The number of aliphatic hydroxyl groups is 1. The number of carbonyl (C=O) groups excluding carboxylic acids is 1. The van der Waals surface area contributed by atoms with E-state index >= 15 is 0 Å². The second-order valence-electron chi connectivity index (χ2n) is 5.88. The summed E-state index contributed by atoms with van der Waals surface area (Å²) in [5.41, 5.74) is 0.992. The molecular weight excluding hydrogens is 304 g/mol. The Labute approximate surface area is 135 Å². The summed E-state index contributed by atoms with van der Waals surface area (Å²) in [4.78, 5) is 18.2. The molecule has 5 nitrogen and oxygen atoms in total. The molecule has 3 unspecified atom stereocenters. The predicted octanol–water partition coefficient (Wildman–Crippen LogP) is 1.65. The molecule has 1 aliphatic heterocycles. The lowest BCUT2D eigenvalue weighted by atomic mass is 9.76. The van der Waals surface area contributed by atoms with Crippen molar-refractivity contribution in [3.05, 3.63) is 35.5 Å². The van der Waals surface area contributed by atoms with Gasteiger partial charge in [-0.15, -0.1) is 0 Å². The summed E-state index contributed by atoms with van der Waals surface area (Å²) >= 11 is 5.88. The highest BCUT2D eigenvalue weighted by molar-refractivity contribution is 6.30. The van der Waals surface area contributed by atoms with Gasteiger partial charge in [0.2, 0.25) is 5.91 Å². The first-order valence-corrected chi connectivity index (χ1v) is 7.99. The van der Waals surface area contributed by atoms with Crippen molar-refractivity contribution in [2.75, 3.05) is 26.4 Å². The highest BCUT2D eigenvalue weighted by atomic mass is 35.5. The zero-order valence-corrected chi connectivity index (χ0v) is 13.1. The summed E-state index contributed by atoms with van der Waals surface area (Å²) < 4.78 is 5.18. The van der Waals surface area contributed by atoms with E-state index < -0.39 is 0 Å². The standard InChI is InChI=1S/C16H20ClN2O3/c17-13-2-3-14(18-8-13)11-1-4-15(12(7-11)9-20)19-5-6-22-10-16(19)21/h2-4,8,11-12,15,20H,1,5-7,9-10H2. The van der Waals surface area contributed by atoms with Gasteiger partial charge in [0.25, 0.3) is 0 Å². The Bertz CT molecular complexity index is 523. The van der Waals surface area contributed by atoms with Crippen LogP contribution in [0.2, 0.25) is 5.02 Å². The average molecular weight is 324 g/mol. The Balaban J connectivity index is 1.70. The van der Waals surface area contributed by atoms with Crippen LogP contribution in [-0.2, 0) is 9.53 Å². The fourth-order valence-corrected chi connectivity index (χ4v) is 3.49. The van der Waals surface area contributed by atoms with Crippen molar-refractivity contribution in [2.24, 2.45) is 5.92 Å². The first-order chi connectivity index (χ1) is 10.7. The smallest absolute Gasteiger partial charge is 0.248 e. The first-order valence-electron chi connectivity index (χ1n) is 7.62. The van der Waals surface area contributed by atoms with E-state index in [1.54, 1.807) is 6.20 Å². The van der Waals surface area contributed by atoms with E-state index in [2.05, 4.69) is 11.4 Å². The molecule has 1 saturated carbocycles. The number of halogens is 1. The van der Waals surface area contributed by atoms with E-state index in [-0.39, 0.29) is 37.0 Å². The average Bonchev–Trinajstić information content (AvgIpc) is 2.55. The number of morpholine rings is 1. The lowest BCUT2D eigenvalue weighted by Crippen LogP contribution is -2.53. The van der Waals surface area contributed by atoms with Crippen LogP contribution in [0.3, 0.4) is 0 Å².